The largest absolute Gasteiger partial charge is 0.472 e. The Hall–Kier alpha value is -2.55. The Labute approximate surface area is 263 Å². The lowest BCUT2D eigenvalue weighted by atomic mass is 9.81. The van der Waals surface area contributed by atoms with E-state index in [0.29, 0.717) is 0 Å². The Bertz CT molecular complexity index is 1240. The molecule has 4 aliphatic rings. The molecule has 0 spiro atoms. The second-order valence-corrected chi connectivity index (χ2v) is 12.1. The van der Waals surface area contributed by atoms with Crippen LogP contribution in [0, 0.1) is 5.92 Å². The molecule has 3 aliphatic heterocycles. The lowest BCUT2D eigenvalue weighted by Crippen LogP contribution is -2.63. The second-order valence-electron chi connectivity index (χ2n) is 12.1. The first kappa shape index (κ1) is 34.8. The summed E-state index contributed by atoms with van der Waals surface area (Å²) >= 11 is 0. The van der Waals surface area contributed by atoms with Crippen LogP contribution in [0.1, 0.15) is 18.9 Å². The average Bonchev–Trinajstić information content (AvgIpc) is 3.24. The standard InChI is InChI=1S/C30H40O16/c1-29(46-18(33)8-7-14-5-3-2-4-6-14)11-17(32)30(40)9-10-41-28(25(29)30)45-27-24(39)22(37)20(35)16(44-27)13-42-26-23(38)21(36)19(34)15(12-31)43-26/h2-10,15-17,19-28,31-32,34-40H,11-13H2,1H3/b8-7+/t15-,16-,17-,19-,20-,21+,22+,23-,24-,25-,26-,27+,28+,29+,30-/m1/s1. The lowest BCUT2D eigenvalue weighted by Gasteiger charge is -2.46. The third-order valence-corrected chi connectivity index (χ3v) is 8.86. The zero-order valence-electron chi connectivity index (χ0n) is 24.7. The van der Waals surface area contributed by atoms with E-state index in [1.165, 1.54) is 25.2 Å². The van der Waals surface area contributed by atoms with Crippen LogP contribution in [0.25, 0.3) is 6.08 Å². The fraction of sp³-hybridized carbons (Fsp3) is 0.633. The summed E-state index contributed by atoms with van der Waals surface area (Å²) in [4.78, 5) is 12.9. The smallest absolute Gasteiger partial charge is 0.331 e. The Kier molecular flexibility index (Phi) is 10.5. The van der Waals surface area contributed by atoms with Crippen molar-refractivity contribution in [2.24, 2.45) is 5.92 Å². The number of fused-ring (bicyclic) bond motifs is 1. The predicted molar refractivity (Wildman–Crippen MR) is 151 cm³/mol. The highest BCUT2D eigenvalue weighted by atomic mass is 16.8. The topological polar surface area (TPSA) is 255 Å². The molecule has 3 heterocycles. The van der Waals surface area contributed by atoms with Gasteiger partial charge >= 0.3 is 5.97 Å². The monoisotopic (exact) mass is 656 g/mol. The van der Waals surface area contributed by atoms with Crippen molar-refractivity contribution in [3.63, 3.8) is 0 Å². The van der Waals surface area contributed by atoms with Crippen LogP contribution in [0.2, 0.25) is 0 Å². The molecule has 16 heteroatoms. The molecule has 256 valence electrons. The third kappa shape index (κ3) is 6.72. The average molecular weight is 657 g/mol. The Morgan fingerprint density at radius 2 is 1.52 bits per heavy atom. The molecule has 0 unspecified atom stereocenters. The number of esters is 1. The summed E-state index contributed by atoms with van der Waals surface area (Å²) in [5, 5.41) is 93.8. The molecule has 1 aliphatic carbocycles. The highest BCUT2D eigenvalue weighted by molar-refractivity contribution is 5.87. The Morgan fingerprint density at radius 3 is 2.20 bits per heavy atom. The molecule has 1 aromatic carbocycles. The van der Waals surface area contributed by atoms with Gasteiger partial charge in [0.25, 0.3) is 0 Å². The van der Waals surface area contributed by atoms with Gasteiger partial charge in [-0.1, -0.05) is 30.3 Å². The SMILES string of the molecule is C[C@]1(OC(=O)/C=C/c2ccccc2)C[C@@H](O)[C@]2(O)C=CO[C@@H](O[C@@H]3O[C@H](CO[C@@H]4O[C@H](CO)[C@@H](O)[C@H](O)[C@H]4O)[C@@H](O)[C@H](O)[C@H]3O)[C@@H]21. The lowest BCUT2D eigenvalue weighted by molar-refractivity contribution is -0.360. The van der Waals surface area contributed by atoms with Gasteiger partial charge in [0.2, 0.25) is 6.29 Å². The maximum atomic E-state index is 12.9. The third-order valence-electron chi connectivity index (χ3n) is 8.86. The van der Waals surface area contributed by atoms with E-state index in [-0.39, 0.29) is 6.42 Å². The molecule has 9 N–H and O–H groups in total. The first-order valence-corrected chi connectivity index (χ1v) is 14.8. The highest BCUT2D eigenvalue weighted by Crippen LogP contribution is 2.51. The number of aliphatic hydroxyl groups is 9. The fourth-order valence-electron chi connectivity index (χ4n) is 6.30. The first-order valence-electron chi connectivity index (χ1n) is 14.8. The van der Waals surface area contributed by atoms with Crippen LogP contribution in [0.3, 0.4) is 0 Å². The number of carbonyl (C=O) groups is 1. The van der Waals surface area contributed by atoms with E-state index in [0.717, 1.165) is 11.8 Å². The predicted octanol–water partition coefficient (Wildman–Crippen LogP) is -3.38. The van der Waals surface area contributed by atoms with E-state index in [9.17, 15) is 50.8 Å². The molecular formula is C30H40O16. The summed E-state index contributed by atoms with van der Waals surface area (Å²) in [5.74, 6) is -2.06. The molecule has 1 saturated carbocycles. The van der Waals surface area contributed by atoms with Crippen molar-refractivity contribution in [1.29, 1.82) is 0 Å². The molecule has 5 rings (SSSR count). The number of carbonyl (C=O) groups excluding carboxylic acids is 1. The van der Waals surface area contributed by atoms with E-state index >= 15 is 0 Å². The zero-order valence-corrected chi connectivity index (χ0v) is 24.7. The van der Waals surface area contributed by atoms with Crippen LogP contribution < -0.4 is 0 Å². The van der Waals surface area contributed by atoms with Gasteiger partial charge in [-0.3, -0.25) is 0 Å². The molecule has 2 saturated heterocycles. The summed E-state index contributed by atoms with van der Waals surface area (Å²) in [6.45, 7) is 0.164. The van der Waals surface area contributed by atoms with E-state index in [2.05, 4.69) is 0 Å². The van der Waals surface area contributed by atoms with E-state index in [4.69, 9.17) is 28.4 Å². The number of benzene rings is 1. The van der Waals surface area contributed by atoms with Crippen molar-refractivity contribution in [3.8, 4) is 0 Å². The van der Waals surface area contributed by atoms with Gasteiger partial charge in [0.1, 0.15) is 60.0 Å². The molecular weight excluding hydrogens is 616 g/mol. The first-order chi connectivity index (χ1) is 21.8. The summed E-state index contributed by atoms with van der Waals surface area (Å²) in [6, 6.07) is 8.94. The van der Waals surface area contributed by atoms with Crippen LogP contribution in [-0.4, -0.2) is 150 Å². The van der Waals surface area contributed by atoms with Crippen molar-refractivity contribution in [2.75, 3.05) is 13.2 Å². The van der Waals surface area contributed by atoms with E-state index in [1.54, 1.807) is 24.3 Å². The minimum absolute atomic E-state index is 0.225. The van der Waals surface area contributed by atoms with Crippen LogP contribution in [0.5, 0.6) is 0 Å². The van der Waals surface area contributed by atoms with Crippen molar-refractivity contribution in [1.82, 2.24) is 0 Å². The van der Waals surface area contributed by atoms with Gasteiger partial charge in [0.05, 0.1) is 31.5 Å². The van der Waals surface area contributed by atoms with Crippen molar-refractivity contribution in [3.05, 3.63) is 54.3 Å². The molecule has 46 heavy (non-hydrogen) atoms. The van der Waals surface area contributed by atoms with Crippen LogP contribution in [0.4, 0.5) is 0 Å². The molecule has 0 amide bonds. The Morgan fingerprint density at radius 1 is 0.891 bits per heavy atom. The van der Waals surface area contributed by atoms with Gasteiger partial charge in [0.15, 0.2) is 12.6 Å². The normalized spacial score (nSPS) is 45.7. The maximum absolute atomic E-state index is 12.9. The Balaban J connectivity index is 1.29. The van der Waals surface area contributed by atoms with Gasteiger partial charge in [-0.25, -0.2) is 4.79 Å². The summed E-state index contributed by atoms with van der Waals surface area (Å²) < 4.78 is 33.6. The number of ether oxygens (including phenoxy) is 6. The van der Waals surface area contributed by atoms with Crippen molar-refractivity contribution >= 4 is 12.0 Å². The van der Waals surface area contributed by atoms with Gasteiger partial charge in [-0.15, -0.1) is 0 Å². The number of hydrogen-bond donors (Lipinski definition) is 9. The maximum Gasteiger partial charge on any atom is 0.331 e. The fourth-order valence-corrected chi connectivity index (χ4v) is 6.30. The molecule has 1 aromatic rings. The second kappa shape index (κ2) is 13.9. The van der Waals surface area contributed by atoms with Crippen molar-refractivity contribution in [2.45, 2.75) is 98.4 Å². The quantitative estimate of drug-likeness (QED) is 0.0928. The van der Waals surface area contributed by atoms with Crippen LogP contribution in [0.15, 0.2) is 48.7 Å². The van der Waals surface area contributed by atoms with E-state index < -0.39 is 110 Å². The number of hydrogen-bond acceptors (Lipinski definition) is 16. The molecule has 0 radical (unpaired) electrons. The molecule has 0 aromatic heterocycles. The van der Waals surface area contributed by atoms with Gasteiger partial charge in [-0.2, -0.15) is 0 Å². The summed E-state index contributed by atoms with van der Waals surface area (Å²) in [5.41, 5.74) is -2.86. The molecule has 3 fully saturated rings. The summed E-state index contributed by atoms with van der Waals surface area (Å²) in [7, 11) is 0. The minimum atomic E-state index is -2.01. The summed E-state index contributed by atoms with van der Waals surface area (Å²) in [6.07, 6.45) is -14.8. The highest BCUT2D eigenvalue weighted by Gasteiger charge is 2.66. The molecule has 16 nitrogen and oxygen atoms in total. The van der Waals surface area contributed by atoms with Crippen LogP contribution in [-0.2, 0) is 33.2 Å². The van der Waals surface area contributed by atoms with E-state index in [1.807, 2.05) is 6.07 Å². The zero-order chi connectivity index (χ0) is 33.4. The van der Waals surface area contributed by atoms with Gasteiger partial charge < -0.3 is 74.4 Å². The van der Waals surface area contributed by atoms with Crippen molar-refractivity contribution < 1.29 is 79.2 Å². The molecule has 15 atom stereocenters. The number of rotatable bonds is 9. The minimum Gasteiger partial charge on any atom is -0.472 e. The van der Waals surface area contributed by atoms with Gasteiger partial charge in [-0.05, 0) is 24.6 Å². The van der Waals surface area contributed by atoms with Crippen LogP contribution >= 0.6 is 0 Å². The number of aliphatic hydroxyl groups excluding tert-OH is 8. The molecule has 0 bridgehead atoms. The van der Waals surface area contributed by atoms with Gasteiger partial charge in [0, 0.05) is 12.5 Å².